The summed E-state index contributed by atoms with van der Waals surface area (Å²) < 4.78 is 15.2. The van der Waals surface area contributed by atoms with Gasteiger partial charge in [-0.1, -0.05) is 39.2 Å². The van der Waals surface area contributed by atoms with Crippen LogP contribution in [0.4, 0.5) is 4.39 Å². The van der Waals surface area contributed by atoms with Gasteiger partial charge in [0, 0.05) is 25.1 Å². The van der Waals surface area contributed by atoms with Gasteiger partial charge >= 0.3 is 5.97 Å². The molecular weight excluding hydrogens is 465 g/mol. The van der Waals surface area contributed by atoms with E-state index in [0.29, 0.717) is 22.6 Å². The summed E-state index contributed by atoms with van der Waals surface area (Å²) in [4.78, 5) is 26.2. The molecule has 1 aliphatic carbocycles. The molecule has 3 N–H and O–H groups in total. The Hall–Kier alpha value is -3.04. The molecule has 1 amide bonds. The number of aromatic nitrogens is 2. The van der Waals surface area contributed by atoms with Gasteiger partial charge in [-0.25, -0.2) is 9.07 Å². The number of aliphatic carboxylic acids is 1. The Morgan fingerprint density at radius 2 is 1.81 bits per heavy atom. The molecule has 1 aromatic carbocycles. The van der Waals surface area contributed by atoms with Crippen molar-refractivity contribution in [2.24, 2.45) is 0 Å². The normalized spacial score (nSPS) is 16.4. The standard InChI is InChI=1S/C27H36FN3O5/c1-17(2)25-23(14-13-21(32)15-22(33)16-24(34)35)31(20-11-9-18(28)10-12-20)29-26(25)27(36)30(3)19-7-5-4-6-8-19/h9-14,17,19,21-22,32-33H,4-8,15-16H2,1-3H3,(H,34,35)/b14-13+/t21-,22+/m0/s1. The molecule has 3 rings (SSSR count). The fourth-order valence-corrected chi connectivity index (χ4v) is 4.76. The highest BCUT2D eigenvalue weighted by atomic mass is 19.1. The molecule has 1 saturated carbocycles. The van der Waals surface area contributed by atoms with Crippen LogP contribution in [0.2, 0.25) is 0 Å². The molecule has 0 radical (unpaired) electrons. The molecule has 1 aromatic heterocycles. The number of rotatable bonds is 10. The number of nitrogens with zero attached hydrogens (tertiary/aromatic N) is 3. The molecule has 1 fully saturated rings. The predicted molar refractivity (Wildman–Crippen MR) is 134 cm³/mol. The van der Waals surface area contributed by atoms with Crippen LogP contribution in [0.5, 0.6) is 0 Å². The molecule has 0 spiro atoms. The minimum absolute atomic E-state index is 0.0905. The third kappa shape index (κ3) is 6.79. The summed E-state index contributed by atoms with van der Waals surface area (Å²) in [5, 5.41) is 33.8. The highest BCUT2D eigenvalue weighted by Crippen LogP contribution is 2.30. The van der Waals surface area contributed by atoms with Crippen molar-refractivity contribution in [1.82, 2.24) is 14.7 Å². The van der Waals surface area contributed by atoms with Crippen LogP contribution in [-0.2, 0) is 4.79 Å². The van der Waals surface area contributed by atoms with Gasteiger partial charge in [0.2, 0.25) is 0 Å². The lowest BCUT2D eigenvalue weighted by atomic mass is 9.93. The van der Waals surface area contributed by atoms with Crippen molar-refractivity contribution in [2.45, 2.75) is 83.0 Å². The average molecular weight is 502 g/mol. The summed E-state index contributed by atoms with van der Waals surface area (Å²) in [5.74, 6) is -1.82. The SMILES string of the molecule is CC(C)c1c(C(=O)N(C)C2CCCCC2)nn(-c2ccc(F)cc2)c1/C=C/[C@H](O)C[C@@H](O)CC(=O)O. The number of carboxylic acid groups (broad SMARTS) is 1. The van der Waals surface area contributed by atoms with Crippen molar-refractivity contribution in [3.05, 3.63) is 53.1 Å². The van der Waals surface area contributed by atoms with E-state index in [1.54, 1.807) is 27.8 Å². The van der Waals surface area contributed by atoms with Crippen molar-refractivity contribution in [1.29, 1.82) is 0 Å². The van der Waals surface area contributed by atoms with Crippen LogP contribution in [0.3, 0.4) is 0 Å². The lowest BCUT2D eigenvalue weighted by Gasteiger charge is -2.31. The van der Waals surface area contributed by atoms with Crippen LogP contribution in [0, 0.1) is 5.82 Å². The fraction of sp³-hybridized carbons (Fsp3) is 0.519. The molecule has 0 saturated heterocycles. The van der Waals surface area contributed by atoms with Crippen molar-refractivity contribution in [3.63, 3.8) is 0 Å². The van der Waals surface area contributed by atoms with E-state index in [1.165, 1.54) is 24.6 Å². The molecule has 1 aliphatic rings. The molecule has 0 aliphatic heterocycles. The number of carbonyl (C=O) groups excluding carboxylic acids is 1. The Bertz CT molecular complexity index is 1070. The van der Waals surface area contributed by atoms with E-state index in [1.807, 2.05) is 20.9 Å². The molecule has 196 valence electrons. The molecule has 0 unspecified atom stereocenters. The second kappa shape index (κ2) is 12.3. The molecule has 0 bridgehead atoms. The lowest BCUT2D eigenvalue weighted by molar-refractivity contribution is -0.139. The molecular formula is C27H36FN3O5. The van der Waals surface area contributed by atoms with Crippen molar-refractivity contribution in [3.8, 4) is 5.69 Å². The van der Waals surface area contributed by atoms with Crippen LogP contribution in [0.1, 0.15) is 86.5 Å². The summed E-state index contributed by atoms with van der Waals surface area (Å²) in [6, 6.07) is 5.91. The maximum atomic E-state index is 13.6. The molecule has 8 nitrogen and oxygen atoms in total. The average Bonchev–Trinajstić information content (AvgIpc) is 3.22. The number of carbonyl (C=O) groups is 2. The van der Waals surface area contributed by atoms with E-state index in [2.05, 4.69) is 5.10 Å². The third-order valence-corrected chi connectivity index (χ3v) is 6.65. The van der Waals surface area contributed by atoms with Crippen LogP contribution >= 0.6 is 0 Å². The zero-order valence-corrected chi connectivity index (χ0v) is 21.1. The Kier molecular flexibility index (Phi) is 9.39. The number of aliphatic hydroxyl groups excluding tert-OH is 2. The summed E-state index contributed by atoms with van der Waals surface area (Å²) in [7, 11) is 1.81. The van der Waals surface area contributed by atoms with Crippen LogP contribution in [-0.4, -0.2) is 67.2 Å². The quantitative estimate of drug-likeness (QED) is 0.451. The van der Waals surface area contributed by atoms with Crippen LogP contribution in [0.25, 0.3) is 11.8 Å². The van der Waals surface area contributed by atoms with E-state index < -0.39 is 30.4 Å². The Morgan fingerprint density at radius 1 is 1.17 bits per heavy atom. The van der Waals surface area contributed by atoms with Crippen LogP contribution < -0.4 is 0 Å². The number of aliphatic hydroxyl groups is 2. The van der Waals surface area contributed by atoms with Crippen LogP contribution in [0.15, 0.2) is 30.3 Å². The lowest BCUT2D eigenvalue weighted by Crippen LogP contribution is -2.39. The number of hydrogen-bond acceptors (Lipinski definition) is 5. The van der Waals surface area contributed by atoms with Gasteiger partial charge in [0.15, 0.2) is 5.69 Å². The van der Waals surface area contributed by atoms with Crippen molar-refractivity contribution < 1.29 is 29.3 Å². The number of carboxylic acids is 1. The molecule has 9 heteroatoms. The minimum Gasteiger partial charge on any atom is -0.481 e. The zero-order valence-electron chi connectivity index (χ0n) is 21.1. The number of amides is 1. The highest BCUT2D eigenvalue weighted by molar-refractivity contribution is 5.95. The van der Waals surface area contributed by atoms with E-state index in [9.17, 15) is 24.2 Å². The highest BCUT2D eigenvalue weighted by Gasteiger charge is 2.30. The van der Waals surface area contributed by atoms with E-state index >= 15 is 0 Å². The van der Waals surface area contributed by atoms with Gasteiger partial charge in [0.1, 0.15) is 5.82 Å². The zero-order chi connectivity index (χ0) is 26.4. The Morgan fingerprint density at radius 3 is 2.39 bits per heavy atom. The third-order valence-electron chi connectivity index (χ3n) is 6.65. The number of halogens is 1. The van der Waals surface area contributed by atoms with E-state index in [4.69, 9.17) is 5.11 Å². The predicted octanol–water partition coefficient (Wildman–Crippen LogP) is 4.14. The summed E-state index contributed by atoms with van der Waals surface area (Å²) in [6.45, 7) is 3.90. The maximum absolute atomic E-state index is 13.6. The second-order valence-electron chi connectivity index (χ2n) is 9.81. The molecule has 36 heavy (non-hydrogen) atoms. The van der Waals surface area contributed by atoms with Gasteiger partial charge in [-0.3, -0.25) is 9.59 Å². The van der Waals surface area contributed by atoms with Gasteiger partial charge in [-0.15, -0.1) is 0 Å². The first-order valence-electron chi connectivity index (χ1n) is 12.5. The molecule has 1 heterocycles. The minimum atomic E-state index is -1.20. The van der Waals surface area contributed by atoms with Gasteiger partial charge in [-0.2, -0.15) is 5.10 Å². The van der Waals surface area contributed by atoms with Crippen molar-refractivity contribution in [2.75, 3.05) is 7.05 Å². The molecule has 2 atom stereocenters. The maximum Gasteiger partial charge on any atom is 0.305 e. The Labute approximate surface area is 211 Å². The fourth-order valence-electron chi connectivity index (χ4n) is 4.76. The number of hydrogen-bond donors (Lipinski definition) is 3. The topological polar surface area (TPSA) is 116 Å². The van der Waals surface area contributed by atoms with E-state index in [0.717, 1.165) is 25.7 Å². The monoisotopic (exact) mass is 501 g/mol. The second-order valence-corrected chi connectivity index (χ2v) is 9.81. The summed E-state index contributed by atoms with van der Waals surface area (Å²) >= 11 is 0. The first kappa shape index (κ1) is 27.5. The first-order valence-corrected chi connectivity index (χ1v) is 12.5. The summed E-state index contributed by atoms with van der Waals surface area (Å²) in [5.41, 5.74) is 2.12. The largest absolute Gasteiger partial charge is 0.481 e. The first-order chi connectivity index (χ1) is 17.1. The number of benzene rings is 1. The Balaban J connectivity index is 2.02. The van der Waals surface area contributed by atoms with Gasteiger partial charge in [0.25, 0.3) is 5.91 Å². The van der Waals surface area contributed by atoms with E-state index in [-0.39, 0.29) is 24.3 Å². The summed E-state index contributed by atoms with van der Waals surface area (Å²) in [6.07, 6.45) is 5.40. The van der Waals surface area contributed by atoms with Gasteiger partial charge < -0.3 is 20.2 Å². The van der Waals surface area contributed by atoms with Gasteiger partial charge in [-0.05, 0) is 49.1 Å². The smallest absolute Gasteiger partial charge is 0.305 e. The molecule has 2 aromatic rings. The van der Waals surface area contributed by atoms with Gasteiger partial charge in [0.05, 0.1) is 30.0 Å². The van der Waals surface area contributed by atoms with Crippen molar-refractivity contribution >= 4 is 18.0 Å².